The second kappa shape index (κ2) is 7.45. The molecule has 0 fully saturated rings. The molecule has 0 N–H and O–H groups in total. The standard InChI is InChI=1S/C18H19N3O5S/c1-19(27(25,26)16-9-4-8-15(12-16)21(23)24)13-18(22)20-11-5-7-14-6-2-3-10-17(14)20/h2-4,6,8-10,12H,5,7,11,13H2,1H3. The topological polar surface area (TPSA) is 101 Å². The molecule has 8 nitrogen and oxygen atoms in total. The molecule has 27 heavy (non-hydrogen) atoms. The largest absolute Gasteiger partial charge is 0.311 e. The first-order chi connectivity index (χ1) is 12.8. The van der Waals surface area contributed by atoms with Crippen LogP contribution in [0, 0.1) is 10.1 Å². The van der Waals surface area contributed by atoms with E-state index in [9.17, 15) is 23.3 Å². The average Bonchev–Trinajstić information content (AvgIpc) is 2.67. The first-order valence-electron chi connectivity index (χ1n) is 8.40. The highest BCUT2D eigenvalue weighted by molar-refractivity contribution is 7.89. The van der Waals surface area contributed by atoms with Crippen LogP contribution in [0.15, 0.2) is 53.4 Å². The van der Waals surface area contributed by atoms with Crippen LogP contribution in [0.25, 0.3) is 0 Å². The number of carbonyl (C=O) groups excluding carboxylic acids is 1. The maximum atomic E-state index is 12.7. The van der Waals surface area contributed by atoms with Crippen molar-refractivity contribution in [3.8, 4) is 0 Å². The summed E-state index contributed by atoms with van der Waals surface area (Å²) in [6.45, 7) is 0.180. The summed E-state index contributed by atoms with van der Waals surface area (Å²) in [5.74, 6) is -0.335. The number of rotatable bonds is 5. The number of hydrogen-bond acceptors (Lipinski definition) is 5. The minimum Gasteiger partial charge on any atom is -0.311 e. The molecular weight excluding hydrogens is 370 g/mol. The number of sulfonamides is 1. The molecule has 2 aromatic carbocycles. The predicted molar refractivity (Wildman–Crippen MR) is 100 cm³/mol. The summed E-state index contributed by atoms with van der Waals surface area (Å²) in [4.78, 5) is 24.3. The zero-order valence-electron chi connectivity index (χ0n) is 14.7. The molecule has 1 aliphatic heterocycles. The fourth-order valence-electron chi connectivity index (χ4n) is 3.09. The first-order valence-corrected chi connectivity index (χ1v) is 9.84. The maximum absolute atomic E-state index is 12.7. The molecule has 9 heteroatoms. The van der Waals surface area contributed by atoms with Crippen LogP contribution in [-0.4, -0.2) is 43.7 Å². The van der Waals surface area contributed by atoms with Gasteiger partial charge in [-0.05, 0) is 30.5 Å². The summed E-state index contributed by atoms with van der Waals surface area (Å²) in [7, 11) is -2.73. The summed E-state index contributed by atoms with van der Waals surface area (Å²) >= 11 is 0. The van der Waals surface area contributed by atoms with Crippen molar-refractivity contribution in [1.82, 2.24) is 4.31 Å². The molecular formula is C18H19N3O5S. The van der Waals surface area contributed by atoms with Crippen molar-refractivity contribution in [3.05, 3.63) is 64.2 Å². The van der Waals surface area contributed by atoms with Crippen molar-refractivity contribution in [2.75, 3.05) is 25.0 Å². The number of non-ortho nitro benzene ring substituents is 1. The Morgan fingerprint density at radius 3 is 2.70 bits per heavy atom. The molecule has 0 aromatic heterocycles. The molecule has 142 valence electrons. The summed E-state index contributed by atoms with van der Waals surface area (Å²) in [6, 6.07) is 12.3. The lowest BCUT2D eigenvalue weighted by Gasteiger charge is -2.30. The average molecular weight is 389 g/mol. The quantitative estimate of drug-likeness (QED) is 0.576. The molecule has 0 radical (unpaired) electrons. The normalized spacial score (nSPS) is 14.1. The van der Waals surface area contributed by atoms with Crippen LogP contribution >= 0.6 is 0 Å². The Morgan fingerprint density at radius 2 is 1.96 bits per heavy atom. The molecule has 1 aliphatic rings. The first kappa shape index (κ1) is 19.0. The molecule has 1 heterocycles. The van der Waals surface area contributed by atoms with E-state index in [0.717, 1.165) is 34.5 Å². The van der Waals surface area contributed by atoms with Crippen molar-refractivity contribution in [3.63, 3.8) is 0 Å². The number of anilines is 1. The number of nitro benzene ring substituents is 1. The van der Waals surface area contributed by atoms with Crippen molar-refractivity contribution in [1.29, 1.82) is 0 Å². The third kappa shape index (κ3) is 3.83. The van der Waals surface area contributed by atoms with Crippen molar-refractivity contribution < 1.29 is 18.1 Å². The lowest BCUT2D eigenvalue weighted by Crippen LogP contribution is -2.43. The van der Waals surface area contributed by atoms with Gasteiger partial charge < -0.3 is 4.90 Å². The smallest absolute Gasteiger partial charge is 0.270 e. The summed E-state index contributed by atoms with van der Waals surface area (Å²) in [5.41, 5.74) is 1.54. The van der Waals surface area contributed by atoms with Crippen LogP contribution in [0.2, 0.25) is 0 Å². The summed E-state index contributed by atoms with van der Waals surface area (Å²) in [5, 5.41) is 10.9. The zero-order chi connectivity index (χ0) is 19.6. The molecule has 3 rings (SSSR count). The van der Waals surface area contributed by atoms with E-state index in [-0.39, 0.29) is 23.0 Å². The van der Waals surface area contributed by atoms with Crippen LogP contribution in [0.3, 0.4) is 0 Å². The number of nitrogens with zero attached hydrogens (tertiary/aromatic N) is 3. The fourth-order valence-corrected chi connectivity index (χ4v) is 4.25. The second-order valence-corrected chi connectivity index (χ2v) is 8.34. The summed E-state index contributed by atoms with van der Waals surface area (Å²) < 4.78 is 26.3. The van der Waals surface area contributed by atoms with E-state index in [4.69, 9.17) is 0 Å². The Balaban J connectivity index is 1.81. The van der Waals surface area contributed by atoms with E-state index >= 15 is 0 Å². The fraction of sp³-hybridized carbons (Fsp3) is 0.278. The lowest BCUT2D eigenvalue weighted by atomic mass is 10.0. The van der Waals surface area contributed by atoms with Gasteiger partial charge in [0, 0.05) is 31.4 Å². The number of likely N-dealkylation sites (N-methyl/N-ethyl adjacent to an activating group) is 1. The third-order valence-corrected chi connectivity index (χ3v) is 6.31. The minimum atomic E-state index is -4.02. The van der Waals surface area contributed by atoms with Crippen LogP contribution in [-0.2, 0) is 21.2 Å². The van der Waals surface area contributed by atoms with E-state index in [2.05, 4.69) is 0 Å². The monoisotopic (exact) mass is 389 g/mol. The molecule has 0 bridgehead atoms. The number of aryl methyl sites for hydroxylation is 1. The molecule has 1 amide bonds. The number of amides is 1. The van der Waals surface area contributed by atoms with E-state index in [1.165, 1.54) is 25.2 Å². The summed E-state index contributed by atoms with van der Waals surface area (Å²) in [6.07, 6.45) is 1.69. The Morgan fingerprint density at radius 1 is 1.22 bits per heavy atom. The molecule has 0 unspecified atom stereocenters. The van der Waals surface area contributed by atoms with Gasteiger partial charge in [0.1, 0.15) is 0 Å². The number of para-hydroxylation sites is 1. The van der Waals surface area contributed by atoms with Crippen molar-refractivity contribution in [2.45, 2.75) is 17.7 Å². The lowest BCUT2D eigenvalue weighted by molar-refractivity contribution is -0.385. The van der Waals surface area contributed by atoms with Crippen LogP contribution in [0.5, 0.6) is 0 Å². The van der Waals surface area contributed by atoms with Gasteiger partial charge in [-0.3, -0.25) is 14.9 Å². The number of nitro groups is 1. The van der Waals surface area contributed by atoms with Gasteiger partial charge >= 0.3 is 0 Å². The highest BCUT2D eigenvalue weighted by Crippen LogP contribution is 2.27. The molecule has 0 saturated carbocycles. The van der Waals surface area contributed by atoms with Crippen LogP contribution in [0.4, 0.5) is 11.4 Å². The Bertz CT molecular complexity index is 990. The van der Waals surface area contributed by atoms with Gasteiger partial charge in [0.2, 0.25) is 15.9 Å². The molecule has 0 spiro atoms. The predicted octanol–water partition coefficient (Wildman–Crippen LogP) is 2.19. The molecule has 2 aromatic rings. The van der Waals surface area contributed by atoms with Crippen LogP contribution < -0.4 is 4.90 Å². The van der Waals surface area contributed by atoms with Gasteiger partial charge in [0.15, 0.2) is 0 Å². The maximum Gasteiger partial charge on any atom is 0.270 e. The molecule has 0 atom stereocenters. The molecule has 0 saturated heterocycles. The van der Waals surface area contributed by atoms with Crippen molar-refractivity contribution >= 4 is 27.3 Å². The third-order valence-electron chi connectivity index (χ3n) is 4.51. The van der Waals surface area contributed by atoms with Gasteiger partial charge in [-0.1, -0.05) is 24.3 Å². The van der Waals surface area contributed by atoms with Crippen molar-refractivity contribution in [2.24, 2.45) is 0 Å². The van der Waals surface area contributed by atoms with Gasteiger partial charge in [-0.15, -0.1) is 0 Å². The Labute approximate surface area is 157 Å². The number of carbonyl (C=O) groups is 1. The number of fused-ring (bicyclic) bond motifs is 1. The van der Waals surface area contributed by atoms with E-state index in [1.54, 1.807) is 4.90 Å². The van der Waals surface area contributed by atoms with Gasteiger partial charge in [-0.2, -0.15) is 4.31 Å². The van der Waals surface area contributed by atoms with Gasteiger partial charge in [0.05, 0.1) is 16.4 Å². The molecule has 0 aliphatic carbocycles. The highest BCUT2D eigenvalue weighted by atomic mass is 32.2. The van der Waals surface area contributed by atoms with E-state index in [0.29, 0.717) is 6.54 Å². The Kier molecular flexibility index (Phi) is 5.24. The second-order valence-electron chi connectivity index (χ2n) is 6.29. The van der Waals surface area contributed by atoms with E-state index < -0.39 is 14.9 Å². The van der Waals surface area contributed by atoms with Gasteiger partial charge in [-0.25, -0.2) is 8.42 Å². The number of benzene rings is 2. The van der Waals surface area contributed by atoms with E-state index in [1.807, 2.05) is 24.3 Å². The minimum absolute atomic E-state index is 0.217. The van der Waals surface area contributed by atoms with Gasteiger partial charge in [0.25, 0.3) is 5.69 Å². The Hall–Kier alpha value is -2.78. The van der Waals surface area contributed by atoms with Crippen LogP contribution in [0.1, 0.15) is 12.0 Å². The SMILES string of the molecule is CN(CC(=O)N1CCCc2ccccc21)S(=O)(=O)c1cccc([N+](=O)[O-])c1. The number of hydrogen-bond donors (Lipinski definition) is 0. The highest BCUT2D eigenvalue weighted by Gasteiger charge is 2.28. The zero-order valence-corrected chi connectivity index (χ0v) is 15.6.